The summed E-state index contributed by atoms with van der Waals surface area (Å²) in [5, 5.41) is 3.22. The molecule has 3 heterocycles. The molecule has 0 saturated carbocycles. The maximum atomic E-state index is 12.6. The number of pyridine rings is 1. The molecule has 0 aromatic carbocycles. The molecule has 0 aliphatic carbocycles. The minimum absolute atomic E-state index is 0.00362. The summed E-state index contributed by atoms with van der Waals surface area (Å²) in [6.07, 6.45) is 5.10. The van der Waals surface area contributed by atoms with Gasteiger partial charge < -0.3 is 10.2 Å². The van der Waals surface area contributed by atoms with E-state index in [1.807, 2.05) is 23.1 Å². The maximum Gasteiger partial charge on any atom is 0.272 e. The van der Waals surface area contributed by atoms with E-state index in [0.717, 1.165) is 31.6 Å². The topological polar surface area (TPSA) is 71.0 Å². The summed E-state index contributed by atoms with van der Waals surface area (Å²) >= 11 is 0. The summed E-state index contributed by atoms with van der Waals surface area (Å²) in [4.78, 5) is 27.4. The zero-order valence-corrected chi connectivity index (χ0v) is 13.3. The molecule has 1 N–H and O–H groups in total. The maximum absolute atomic E-state index is 12.6. The van der Waals surface area contributed by atoms with Crippen LogP contribution in [0.3, 0.4) is 0 Å². The number of aryl methyl sites for hydroxylation is 1. The minimum atomic E-state index is -0.00362. The molecule has 1 saturated heterocycles. The van der Waals surface area contributed by atoms with Gasteiger partial charge in [-0.2, -0.15) is 0 Å². The van der Waals surface area contributed by atoms with Crippen molar-refractivity contribution >= 4 is 11.7 Å². The van der Waals surface area contributed by atoms with Gasteiger partial charge in [-0.25, -0.2) is 9.97 Å². The molecular formula is C17H21N5O. The van der Waals surface area contributed by atoms with Crippen LogP contribution in [-0.2, 0) is 6.54 Å². The average Bonchev–Trinajstić information content (AvgIpc) is 2.60. The Morgan fingerprint density at radius 1 is 1.22 bits per heavy atom. The van der Waals surface area contributed by atoms with Gasteiger partial charge in [0.15, 0.2) is 0 Å². The van der Waals surface area contributed by atoms with E-state index >= 15 is 0 Å². The molecule has 2 aromatic heterocycles. The Hall–Kier alpha value is -2.50. The number of amides is 1. The molecule has 120 valence electrons. The third-order valence-electron chi connectivity index (χ3n) is 3.88. The van der Waals surface area contributed by atoms with Gasteiger partial charge in [-0.3, -0.25) is 9.78 Å². The van der Waals surface area contributed by atoms with E-state index in [4.69, 9.17) is 0 Å². The molecule has 0 bridgehead atoms. The van der Waals surface area contributed by atoms with Gasteiger partial charge in [0.25, 0.3) is 5.91 Å². The SMILES string of the molecule is Cc1nc(NCc2ccccn2)cc(C(=O)N2CCCCC2)n1. The Kier molecular flexibility index (Phi) is 4.80. The molecule has 1 aliphatic heterocycles. The summed E-state index contributed by atoms with van der Waals surface area (Å²) in [5.74, 6) is 1.25. The van der Waals surface area contributed by atoms with E-state index in [0.29, 0.717) is 23.9 Å². The van der Waals surface area contributed by atoms with Crippen molar-refractivity contribution in [2.45, 2.75) is 32.7 Å². The molecule has 6 heteroatoms. The first kappa shape index (κ1) is 15.4. The molecule has 23 heavy (non-hydrogen) atoms. The number of carbonyl (C=O) groups is 1. The summed E-state index contributed by atoms with van der Waals surface area (Å²) < 4.78 is 0. The first-order chi connectivity index (χ1) is 11.2. The largest absolute Gasteiger partial charge is 0.364 e. The van der Waals surface area contributed by atoms with Gasteiger partial charge in [0.1, 0.15) is 17.3 Å². The molecule has 1 aliphatic rings. The van der Waals surface area contributed by atoms with Gasteiger partial charge >= 0.3 is 0 Å². The number of nitrogens with zero attached hydrogens (tertiary/aromatic N) is 4. The normalized spacial score (nSPS) is 14.6. The molecular weight excluding hydrogens is 290 g/mol. The van der Waals surface area contributed by atoms with Crippen LogP contribution in [0.2, 0.25) is 0 Å². The van der Waals surface area contributed by atoms with E-state index in [2.05, 4.69) is 20.3 Å². The zero-order valence-electron chi connectivity index (χ0n) is 13.3. The average molecular weight is 311 g/mol. The van der Waals surface area contributed by atoms with Crippen LogP contribution < -0.4 is 5.32 Å². The van der Waals surface area contributed by atoms with Crippen molar-refractivity contribution in [2.75, 3.05) is 18.4 Å². The van der Waals surface area contributed by atoms with Crippen molar-refractivity contribution < 1.29 is 4.79 Å². The fourth-order valence-corrected chi connectivity index (χ4v) is 2.71. The van der Waals surface area contributed by atoms with Crippen LogP contribution in [0.15, 0.2) is 30.5 Å². The molecule has 0 spiro atoms. The number of hydrogen-bond donors (Lipinski definition) is 1. The Morgan fingerprint density at radius 2 is 2.04 bits per heavy atom. The zero-order chi connectivity index (χ0) is 16.1. The summed E-state index contributed by atoms with van der Waals surface area (Å²) in [5.41, 5.74) is 1.38. The Balaban J connectivity index is 1.72. The molecule has 3 rings (SSSR count). The van der Waals surface area contributed by atoms with Gasteiger partial charge in [-0.1, -0.05) is 6.07 Å². The summed E-state index contributed by atoms with van der Waals surface area (Å²) in [6.45, 7) is 4.00. The van der Waals surface area contributed by atoms with Crippen molar-refractivity contribution in [3.63, 3.8) is 0 Å². The second-order valence-electron chi connectivity index (χ2n) is 5.71. The lowest BCUT2D eigenvalue weighted by Gasteiger charge is -2.26. The number of hydrogen-bond acceptors (Lipinski definition) is 5. The number of likely N-dealkylation sites (tertiary alicyclic amines) is 1. The number of carbonyl (C=O) groups excluding carboxylic acids is 1. The van der Waals surface area contributed by atoms with E-state index in [-0.39, 0.29) is 5.91 Å². The van der Waals surface area contributed by atoms with Crippen molar-refractivity contribution in [2.24, 2.45) is 0 Å². The second kappa shape index (κ2) is 7.17. The Labute approximate surface area is 136 Å². The fourth-order valence-electron chi connectivity index (χ4n) is 2.71. The third-order valence-corrected chi connectivity index (χ3v) is 3.88. The fraction of sp³-hybridized carbons (Fsp3) is 0.412. The summed E-state index contributed by atoms with van der Waals surface area (Å²) in [6, 6.07) is 7.50. The molecule has 1 fully saturated rings. The van der Waals surface area contributed by atoms with Crippen LogP contribution in [0.1, 0.15) is 41.3 Å². The monoisotopic (exact) mass is 311 g/mol. The van der Waals surface area contributed by atoms with Crippen LogP contribution >= 0.6 is 0 Å². The lowest BCUT2D eigenvalue weighted by atomic mass is 10.1. The van der Waals surface area contributed by atoms with E-state index in [1.54, 1.807) is 19.2 Å². The highest BCUT2D eigenvalue weighted by Crippen LogP contribution is 2.14. The molecule has 0 atom stereocenters. The van der Waals surface area contributed by atoms with Crippen LogP contribution in [0.25, 0.3) is 0 Å². The Bertz CT molecular complexity index is 668. The van der Waals surface area contributed by atoms with Crippen LogP contribution in [0, 0.1) is 6.92 Å². The number of rotatable bonds is 4. The van der Waals surface area contributed by atoms with Gasteiger partial charge in [0.2, 0.25) is 0 Å². The van der Waals surface area contributed by atoms with Crippen molar-refractivity contribution in [3.05, 3.63) is 47.7 Å². The van der Waals surface area contributed by atoms with Gasteiger partial charge in [0, 0.05) is 25.4 Å². The van der Waals surface area contributed by atoms with Crippen molar-refractivity contribution in [1.29, 1.82) is 0 Å². The molecule has 1 amide bonds. The molecule has 0 radical (unpaired) electrons. The summed E-state index contributed by atoms with van der Waals surface area (Å²) in [7, 11) is 0. The van der Waals surface area contributed by atoms with Gasteiger partial charge in [0.05, 0.1) is 12.2 Å². The molecule has 0 unspecified atom stereocenters. The number of aromatic nitrogens is 3. The van der Waals surface area contributed by atoms with Gasteiger partial charge in [-0.15, -0.1) is 0 Å². The lowest BCUT2D eigenvalue weighted by Crippen LogP contribution is -2.36. The van der Waals surface area contributed by atoms with E-state index in [9.17, 15) is 4.79 Å². The smallest absolute Gasteiger partial charge is 0.272 e. The van der Waals surface area contributed by atoms with Crippen LogP contribution in [0.4, 0.5) is 5.82 Å². The lowest BCUT2D eigenvalue weighted by molar-refractivity contribution is 0.0718. The van der Waals surface area contributed by atoms with Gasteiger partial charge in [-0.05, 0) is 38.3 Å². The standard InChI is InChI=1S/C17H21N5O/c1-13-20-15(17(23)22-9-5-2-6-10-22)11-16(21-13)19-12-14-7-3-4-8-18-14/h3-4,7-8,11H,2,5-6,9-10,12H2,1H3,(H,19,20,21). The first-order valence-electron chi connectivity index (χ1n) is 8.01. The predicted molar refractivity (Wildman–Crippen MR) is 88.1 cm³/mol. The highest BCUT2D eigenvalue weighted by Gasteiger charge is 2.20. The molecule has 2 aromatic rings. The number of anilines is 1. The first-order valence-corrected chi connectivity index (χ1v) is 8.01. The number of nitrogens with one attached hydrogen (secondary N) is 1. The van der Waals surface area contributed by atoms with Crippen LogP contribution in [-0.4, -0.2) is 38.8 Å². The predicted octanol–water partition coefficient (Wildman–Crippen LogP) is 2.42. The molecule has 6 nitrogen and oxygen atoms in total. The highest BCUT2D eigenvalue weighted by atomic mass is 16.2. The van der Waals surface area contributed by atoms with Crippen molar-refractivity contribution in [3.8, 4) is 0 Å². The van der Waals surface area contributed by atoms with Crippen molar-refractivity contribution in [1.82, 2.24) is 19.9 Å². The Morgan fingerprint density at radius 3 is 2.78 bits per heavy atom. The van der Waals surface area contributed by atoms with Crippen LogP contribution in [0.5, 0.6) is 0 Å². The van der Waals surface area contributed by atoms with E-state index < -0.39 is 0 Å². The third kappa shape index (κ3) is 4.03. The minimum Gasteiger partial charge on any atom is -0.364 e. The number of piperidine rings is 1. The second-order valence-corrected chi connectivity index (χ2v) is 5.71. The quantitative estimate of drug-likeness (QED) is 0.939. The van der Waals surface area contributed by atoms with E-state index in [1.165, 1.54) is 6.42 Å². The highest BCUT2D eigenvalue weighted by molar-refractivity contribution is 5.93.